The standard InChI is InChI=1S/C22H23FN2O4S2/c1-22(2,3)18(25-21(26)27)13-14-12-17(16-10-7-11-24-19(16)23)20(30-14)31(28,29)15-8-5-4-6-9-15/h4-12,18,25H,13H2,1-3H3,(H,26,27). The molecule has 2 aromatic heterocycles. The molecule has 164 valence electrons. The van der Waals surface area contributed by atoms with Gasteiger partial charge in [-0.2, -0.15) is 4.39 Å². The number of nitrogens with zero attached hydrogens (tertiary/aromatic N) is 1. The smallest absolute Gasteiger partial charge is 0.404 e. The summed E-state index contributed by atoms with van der Waals surface area (Å²) in [7, 11) is -3.92. The van der Waals surface area contributed by atoms with Crippen LogP contribution in [0.4, 0.5) is 9.18 Å². The van der Waals surface area contributed by atoms with Crippen LogP contribution in [-0.4, -0.2) is 30.6 Å². The molecule has 0 radical (unpaired) electrons. The lowest BCUT2D eigenvalue weighted by atomic mass is 9.84. The first-order chi connectivity index (χ1) is 14.5. The van der Waals surface area contributed by atoms with Crippen LogP contribution in [0, 0.1) is 11.4 Å². The molecule has 2 heterocycles. The highest BCUT2D eigenvalue weighted by molar-refractivity contribution is 7.93. The second kappa shape index (κ2) is 8.76. The van der Waals surface area contributed by atoms with Crippen molar-refractivity contribution in [1.29, 1.82) is 0 Å². The Morgan fingerprint density at radius 2 is 1.84 bits per heavy atom. The molecular weight excluding hydrogens is 439 g/mol. The van der Waals surface area contributed by atoms with E-state index in [1.807, 2.05) is 20.8 Å². The fraction of sp³-hybridized carbons (Fsp3) is 0.273. The van der Waals surface area contributed by atoms with Crippen LogP contribution >= 0.6 is 11.3 Å². The summed E-state index contributed by atoms with van der Waals surface area (Å²) < 4.78 is 41.2. The number of hydrogen-bond acceptors (Lipinski definition) is 5. The van der Waals surface area contributed by atoms with E-state index in [1.165, 1.54) is 24.4 Å². The van der Waals surface area contributed by atoms with Gasteiger partial charge in [-0.3, -0.25) is 0 Å². The summed E-state index contributed by atoms with van der Waals surface area (Å²) in [6.07, 6.45) is 0.399. The minimum atomic E-state index is -3.92. The maximum absolute atomic E-state index is 14.5. The Balaban J connectivity index is 2.15. The monoisotopic (exact) mass is 462 g/mol. The van der Waals surface area contributed by atoms with Gasteiger partial charge in [0.05, 0.1) is 4.90 Å². The molecule has 3 rings (SSSR count). The van der Waals surface area contributed by atoms with E-state index in [4.69, 9.17) is 0 Å². The minimum absolute atomic E-state index is 0.00332. The number of benzene rings is 1. The molecule has 1 atom stereocenters. The number of carbonyl (C=O) groups is 1. The van der Waals surface area contributed by atoms with Gasteiger partial charge in [0.15, 0.2) is 0 Å². The summed E-state index contributed by atoms with van der Waals surface area (Å²) in [4.78, 5) is 15.6. The van der Waals surface area contributed by atoms with Crippen LogP contribution in [0.1, 0.15) is 25.6 Å². The average Bonchev–Trinajstić information content (AvgIpc) is 3.12. The zero-order valence-electron chi connectivity index (χ0n) is 17.3. The summed E-state index contributed by atoms with van der Waals surface area (Å²) in [5.74, 6) is -0.771. The second-order valence-corrected chi connectivity index (χ2v) is 11.4. The summed E-state index contributed by atoms with van der Waals surface area (Å²) in [6, 6.07) is 12.1. The van der Waals surface area contributed by atoms with Crippen molar-refractivity contribution in [3.05, 3.63) is 65.6 Å². The Hall–Kier alpha value is -2.78. The van der Waals surface area contributed by atoms with E-state index in [-0.39, 0.29) is 26.7 Å². The van der Waals surface area contributed by atoms with E-state index in [0.717, 1.165) is 11.3 Å². The highest BCUT2D eigenvalue weighted by atomic mass is 32.2. The van der Waals surface area contributed by atoms with Crippen molar-refractivity contribution in [3.63, 3.8) is 0 Å². The van der Waals surface area contributed by atoms with Crippen LogP contribution < -0.4 is 5.32 Å². The van der Waals surface area contributed by atoms with Crippen LogP contribution in [0.3, 0.4) is 0 Å². The van der Waals surface area contributed by atoms with Gasteiger partial charge in [0, 0.05) is 34.7 Å². The van der Waals surface area contributed by atoms with Gasteiger partial charge in [-0.15, -0.1) is 11.3 Å². The molecule has 0 saturated heterocycles. The van der Waals surface area contributed by atoms with E-state index in [1.54, 1.807) is 30.3 Å². The lowest BCUT2D eigenvalue weighted by molar-refractivity contribution is 0.174. The van der Waals surface area contributed by atoms with Crippen molar-refractivity contribution in [2.75, 3.05) is 0 Å². The molecule has 1 aromatic carbocycles. The largest absolute Gasteiger partial charge is 0.465 e. The van der Waals surface area contributed by atoms with Crippen molar-refractivity contribution in [3.8, 4) is 11.1 Å². The van der Waals surface area contributed by atoms with Crippen molar-refractivity contribution < 1.29 is 22.7 Å². The minimum Gasteiger partial charge on any atom is -0.465 e. The number of nitrogens with one attached hydrogen (secondary N) is 1. The van der Waals surface area contributed by atoms with Gasteiger partial charge in [0.25, 0.3) is 0 Å². The predicted octanol–water partition coefficient (Wildman–Crippen LogP) is 5.01. The second-order valence-electron chi connectivity index (χ2n) is 8.14. The van der Waals surface area contributed by atoms with Crippen LogP contribution in [0.2, 0.25) is 0 Å². The predicted molar refractivity (Wildman–Crippen MR) is 118 cm³/mol. The van der Waals surface area contributed by atoms with Crippen molar-refractivity contribution >= 4 is 27.3 Å². The number of aromatic nitrogens is 1. The number of halogens is 1. The fourth-order valence-corrected chi connectivity index (χ4v) is 6.31. The van der Waals surface area contributed by atoms with Crippen molar-refractivity contribution in [2.45, 2.75) is 42.3 Å². The molecule has 1 amide bonds. The third-order valence-electron chi connectivity index (χ3n) is 4.84. The number of hydrogen-bond donors (Lipinski definition) is 2. The Kier molecular flexibility index (Phi) is 6.47. The molecule has 0 fully saturated rings. The highest BCUT2D eigenvalue weighted by Crippen LogP contribution is 2.40. The zero-order chi connectivity index (χ0) is 22.8. The maximum atomic E-state index is 14.5. The lowest BCUT2D eigenvalue weighted by Gasteiger charge is -2.30. The van der Waals surface area contributed by atoms with Gasteiger partial charge in [-0.1, -0.05) is 39.0 Å². The lowest BCUT2D eigenvalue weighted by Crippen LogP contribution is -2.44. The first-order valence-electron chi connectivity index (χ1n) is 9.53. The van der Waals surface area contributed by atoms with Crippen LogP contribution in [0.25, 0.3) is 11.1 Å². The molecule has 9 heteroatoms. The molecular formula is C22H23FN2O4S2. The number of rotatable bonds is 6. The molecule has 0 aliphatic rings. The average molecular weight is 463 g/mol. The normalized spacial score (nSPS) is 13.0. The summed E-state index contributed by atoms with van der Waals surface area (Å²) in [5, 5.41) is 11.7. The number of sulfone groups is 1. The van der Waals surface area contributed by atoms with Crippen molar-refractivity contribution in [1.82, 2.24) is 10.3 Å². The first kappa shape index (κ1) is 22.9. The first-order valence-corrected chi connectivity index (χ1v) is 11.8. The molecule has 0 aliphatic heterocycles. The molecule has 0 saturated carbocycles. The molecule has 1 unspecified atom stereocenters. The molecule has 2 N–H and O–H groups in total. The number of carboxylic acid groups (broad SMARTS) is 1. The van der Waals surface area contributed by atoms with Gasteiger partial charge in [-0.25, -0.2) is 18.2 Å². The topological polar surface area (TPSA) is 96.4 Å². The van der Waals surface area contributed by atoms with Gasteiger partial charge in [0.1, 0.15) is 4.21 Å². The van der Waals surface area contributed by atoms with E-state index < -0.39 is 33.3 Å². The van der Waals surface area contributed by atoms with Gasteiger partial charge < -0.3 is 10.4 Å². The number of pyridine rings is 1. The van der Waals surface area contributed by atoms with E-state index in [9.17, 15) is 22.7 Å². The maximum Gasteiger partial charge on any atom is 0.404 e. The van der Waals surface area contributed by atoms with E-state index in [0.29, 0.717) is 4.88 Å². The Morgan fingerprint density at radius 1 is 1.16 bits per heavy atom. The molecule has 0 spiro atoms. The fourth-order valence-electron chi connectivity index (χ4n) is 3.13. The number of amides is 1. The zero-order valence-corrected chi connectivity index (χ0v) is 18.9. The molecule has 3 aromatic rings. The molecule has 6 nitrogen and oxygen atoms in total. The highest BCUT2D eigenvalue weighted by Gasteiger charge is 2.31. The molecule has 31 heavy (non-hydrogen) atoms. The quantitative estimate of drug-likeness (QED) is 0.502. The van der Waals surface area contributed by atoms with Crippen molar-refractivity contribution in [2.24, 2.45) is 5.41 Å². The van der Waals surface area contributed by atoms with Gasteiger partial charge in [0.2, 0.25) is 15.8 Å². The SMILES string of the molecule is CC(C)(C)C(Cc1cc(-c2cccnc2F)c(S(=O)(=O)c2ccccc2)s1)NC(=O)O. The Labute approximate surface area is 184 Å². The summed E-state index contributed by atoms with van der Waals surface area (Å²) in [6.45, 7) is 5.68. The third-order valence-corrected chi connectivity index (χ3v) is 8.31. The Morgan fingerprint density at radius 3 is 2.42 bits per heavy atom. The van der Waals surface area contributed by atoms with Crippen LogP contribution in [0.15, 0.2) is 63.8 Å². The Bertz CT molecular complexity index is 1190. The molecule has 0 aliphatic carbocycles. The van der Waals surface area contributed by atoms with E-state index in [2.05, 4.69) is 10.3 Å². The molecule has 0 bridgehead atoms. The summed E-state index contributed by atoms with van der Waals surface area (Å²) in [5.41, 5.74) is -0.115. The van der Waals surface area contributed by atoms with Crippen LogP contribution in [-0.2, 0) is 16.3 Å². The van der Waals surface area contributed by atoms with Crippen LogP contribution in [0.5, 0.6) is 0 Å². The van der Waals surface area contributed by atoms with Gasteiger partial charge >= 0.3 is 6.09 Å². The van der Waals surface area contributed by atoms with E-state index >= 15 is 0 Å². The summed E-state index contributed by atoms with van der Waals surface area (Å²) >= 11 is 1.02. The third kappa shape index (κ3) is 5.11. The number of thiophene rings is 1. The van der Waals surface area contributed by atoms with Gasteiger partial charge in [-0.05, 0) is 35.7 Å².